The van der Waals surface area contributed by atoms with E-state index in [9.17, 15) is 14.9 Å². The second-order valence-electron chi connectivity index (χ2n) is 4.13. The van der Waals surface area contributed by atoms with Gasteiger partial charge in [0.05, 0.1) is 4.92 Å². The number of nitro groups is 1. The highest BCUT2D eigenvalue weighted by Crippen LogP contribution is 2.14. The van der Waals surface area contributed by atoms with Gasteiger partial charge in [-0.3, -0.25) is 14.9 Å². The average molecular weight is 302 g/mol. The van der Waals surface area contributed by atoms with Gasteiger partial charge in [0.2, 0.25) is 5.91 Å². The van der Waals surface area contributed by atoms with Crippen molar-refractivity contribution in [2.75, 3.05) is 19.6 Å². The van der Waals surface area contributed by atoms with Crippen molar-refractivity contribution in [3.05, 3.63) is 39.9 Å². The predicted molar refractivity (Wildman–Crippen MR) is 80.2 cm³/mol. The van der Waals surface area contributed by atoms with Crippen LogP contribution in [0.3, 0.4) is 0 Å². The van der Waals surface area contributed by atoms with Crippen molar-refractivity contribution >= 4 is 24.0 Å². The number of rotatable bonds is 8. The lowest BCUT2D eigenvalue weighted by atomic mass is 10.1. The highest BCUT2D eigenvalue weighted by molar-refractivity contribution is 5.85. The molecule has 0 bridgehead atoms. The first-order chi connectivity index (χ1) is 9.13. The number of likely N-dealkylation sites (N-methyl/N-ethyl adjacent to an activating group) is 1. The predicted octanol–water partition coefficient (Wildman–Crippen LogP) is 1.67. The van der Waals surface area contributed by atoms with Crippen LogP contribution in [0.25, 0.3) is 0 Å². The Morgan fingerprint density at radius 3 is 2.75 bits per heavy atom. The third-order valence-corrected chi connectivity index (χ3v) is 2.64. The molecule has 1 aromatic carbocycles. The van der Waals surface area contributed by atoms with Crippen molar-refractivity contribution < 1.29 is 9.72 Å². The molecule has 0 radical (unpaired) electrons. The van der Waals surface area contributed by atoms with E-state index in [0.29, 0.717) is 19.4 Å². The molecule has 0 unspecified atom stereocenters. The lowest BCUT2D eigenvalue weighted by Crippen LogP contribution is -2.31. The number of carbonyl (C=O) groups excluding carboxylic acids is 1. The van der Waals surface area contributed by atoms with Gasteiger partial charge in [-0.1, -0.05) is 19.1 Å². The molecule has 0 fully saturated rings. The van der Waals surface area contributed by atoms with E-state index in [-0.39, 0.29) is 24.0 Å². The van der Waals surface area contributed by atoms with Crippen LogP contribution in [-0.2, 0) is 11.2 Å². The zero-order chi connectivity index (χ0) is 14.1. The molecular weight excluding hydrogens is 282 g/mol. The third-order valence-electron chi connectivity index (χ3n) is 2.64. The second kappa shape index (κ2) is 10.2. The van der Waals surface area contributed by atoms with Gasteiger partial charge in [0.25, 0.3) is 5.69 Å². The Morgan fingerprint density at radius 1 is 1.35 bits per heavy atom. The fraction of sp³-hybridized carbons (Fsp3) is 0.462. The van der Waals surface area contributed by atoms with Crippen molar-refractivity contribution in [3.8, 4) is 0 Å². The van der Waals surface area contributed by atoms with Gasteiger partial charge < -0.3 is 10.6 Å². The topological polar surface area (TPSA) is 84.3 Å². The minimum Gasteiger partial charge on any atom is -0.355 e. The standard InChI is InChI=1S/C13H19N3O3.ClH/c1-2-14-8-9-15-13(17)7-6-11-4-3-5-12(10-11)16(18)19;/h3-5,10,14H,2,6-9H2,1H3,(H,15,17);1H. The summed E-state index contributed by atoms with van der Waals surface area (Å²) in [5.41, 5.74) is 0.862. The summed E-state index contributed by atoms with van der Waals surface area (Å²) in [7, 11) is 0. The molecule has 0 aromatic heterocycles. The summed E-state index contributed by atoms with van der Waals surface area (Å²) >= 11 is 0. The van der Waals surface area contributed by atoms with Gasteiger partial charge in [-0.25, -0.2) is 0 Å². The lowest BCUT2D eigenvalue weighted by Gasteiger charge is -2.05. The van der Waals surface area contributed by atoms with Crippen LogP contribution < -0.4 is 10.6 Å². The van der Waals surface area contributed by atoms with Gasteiger partial charge in [-0.15, -0.1) is 12.4 Å². The molecule has 6 nitrogen and oxygen atoms in total. The number of amides is 1. The number of nitrogens with one attached hydrogen (secondary N) is 2. The first-order valence-electron chi connectivity index (χ1n) is 6.34. The molecule has 2 N–H and O–H groups in total. The van der Waals surface area contributed by atoms with E-state index in [1.54, 1.807) is 12.1 Å². The lowest BCUT2D eigenvalue weighted by molar-refractivity contribution is -0.384. The summed E-state index contributed by atoms with van der Waals surface area (Å²) in [5.74, 6) is -0.0376. The SMILES string of the molecule is CCNCCNC(=O)CCc1cccc([N+](=O)[O-])c1.Cl. The highest BCUT2D eigenvalue weighted by Gasteiger charge is 2.07. The molecule has 0 spiro atoms. The van der Waals surface area contributed by atoms with Crippen LogP contribution in [0.4, 0.5) is 5.69 Å². The van der Waals surface area contributed by atoms with Crippen molar-refractivity contribution in [1.29, 1.82) is 0 Å². The molecule has 0 saturated carbocycles. The maximum atomic E-state index is 11.5. The normalized spacial score (nSPS) is 9.65. The van der Waals surface area contributed by atoms with Gasteiger partial charge in [-0.2, -0.15) is 0 Å². The fourth-order valence-electron chi connectivity index (χ4n) is 1.64. The third kappa shape index (κ3) is 7.06. The molecule has 0 heterocycles. The minimum absolute atomic E-state index is 0. The Morgan fingerprint density at radius 2 is 2.10 bits per heavy atom. The Bertz CT molecular complexity index is 441. The molecule has 0 aliphatic carbocycles. The van der Waals surface area contributed by atoms with E-state index < -0.39 is 4.92 Å². The number of non-ortho nitro benzene ring substituents is 1. The van der Waals surface area contributed by atoms with Crippen LogP contribution in [-0.4, -0.2) is 30.5 Å². The quantitative estimate of drug-likeness (QED) is 0.434. The zero-order valence-electron chi connectivity index (χ0n) is 11.4. The average Bonchev–Trinajstić information content (AvgIpc) is 2.41. The fourth-order valence-corrected chi connectivity index (χ4v) is 1.64. The van der Waals surface area contributed by atoms with Crippen molar-refractivity contribution in [2.24, 2.45) is 0 Å². The molecule has 0 aliphatic rings. The Kier molecular flexibility index (Phi) is 9.32. The molecule has 112 valence electrons. The summed E-state index contributed by atoms with van der Waals surface area (Å²) in [4.78, 5) is 21.7. The maximum Gasteiger partial charge on any atom is 0.269 e. The molecule has 0 atom stereocenters. The van der Waals surface area contributed by atoms with Crippen LogP contribution in [0.15, 0.2) is 24.3 Å². The van der Waals surface area contributed by atoms with Gasteiger partial charge in [0, 0.05) is 31.6 Å². The number of nitro benzene ring substituents is 1. The Balaban J connectivity index is 0.00000361. The van der Waals surface area contributed by atoms with Crippen LogP contribution in [0.1, 0.15) is 18.9 Å². The molecule has 0 aliphatic heterocycles. The zero-order valence-corrected chi connectivity index (χ0v) is 12.2. The summed E-state index contributed by atoms with van der Waals surface area (Å²) in [5, 5.41) is 16.5. The maximum absolute atomic E-state index is 11.5. The number of halogens is 1. The summed E-state index contributed by atoms with van der Waals surface area (Å²) < 4.78 is 0. The van der Waals surface area contributed by atoms with Gasteiger partial charge in [-0.05, 0) is 18.5 Å². The molecular formula is C13H20ClN3O3. The molecule has 1 aromatic rings. The number of aryl methyl sites for hydroxylation is 1. The van der Waals surface area contributed by atoms with Gasteiger partial charge in [0.1, 0.15) is 0 Å². The summed E-state index contributed by atoms with van der Waals surface area (Å²) in [6.07, 6.45) is 0.849. The van der Waals surface area contributed by atoms with E-state index in [1.807, 2.05) is 6.92 Å². The first kappa shape index (κ1) is 18.3. The first-order valence-corrected chi connectivity index (χ1v) is 6.34. The minimum atomic E-state index is -0.431. The molecule has 20 heavy (non-hydrogen) atoms. The van der Waals surface area contributed by atoms with Gasteiger partial charge in [0.15, 0.2) is 0 Å². The molecule has 1 rings (SSSR count). The van der Waals surface area contributed by atoms with E-state index in [4.69, 9.17) is 0 Å². The highest BCUT2D eigenvalue weighted by atomic mass is 35.5. The van der Waals surface area contributed by atoms with Crippen molar-refractivity contribution in [3.63, 3.8) is 0 Å². The summed E-state index contributed by atoms with van der Waals surface area (Å²) in [6, 6.07) is 6.38. The second-order valence-corrected chi connectivity index (χ2v) is 4.13. The number of hydrogen-bond acceptors (Lipinski definition) is 4. The molecule has 1 amide bonds. The van der Waals surface area contributed by atoms with Gasteiger partial charge >= 0.3 is 0 Å². The smallest absolute Gasteiger partial charge is 0.269 e. The number of nitrogens with zero attached hydrogens (tertiary/aromatic N) is 1. The van der Waals surface area contributed by atoms with E-state index in [1.165, 1.54) is 12.1 Å². The van der Waals surface area contributed by atoms with Crippen LogP contribution in [0.2, 0.25) is 0 Å². The molecule has 7 heteroatoms. The Labute approximate surface area is 124 Å². The van der Waals surface area contributed by atoms with E-state index >= 15 is 0 Å². The number of carbonyl (C=O) groups is 1. The molecule has 0 saturated heterocycles. The van der Waals surface area contributed by atoms with Crippen LogP contribution in [0.5, 0.6) is 0 Å². The summed E-state index contributed by atoms with van der Waals surface area (Å²) in [6.45, 7) is 4.23. The largest absolute Gasteiger partial charge is 0.355 e. The van der Waals surface area contributed by atoms with Crippen LogP contribution >= 0.6 is 12.4 Å². The Hall–Kier alpha value is -1.66. The number of hydrogen-bond donors (Lipinski definition) is 2. The number of benzene rings is 1. The van der Waals surface area contributed by atoms with Crippen molar-refractivity contribution in [2.45, 2.75) is 19.8 Å². The van der Waals surface area contributed by atoms with E-state index in [2.05, 4.69) is 10.6 Å². The van der Waals surface area contributed by atoms with Crippen molar-refractivity contribution in [1.82, 2.24) is 10.6 Å². The van der Waals surface area contributed by atoms with Crippen LogP contribution in [0, 0.1) is 10.1 Å². The van der Waals surface area contributed by atoms with E-state index in [0.717, 1.165) is 18.7 Å². The monoisotopic (exact) mass is 301 g/mol.